The van der Waals surface area contributed by atoms with E-state index < -0.39 is 0 Å². The Kier molecular flexibility index (Phi) is 4.25. The standard InChI is InChI=1S/C25H42/c1-17-7-10-21-20-9-8-19-15-18(16-23(2,3)4)11-13-25(19,6)22(20)12-14-24(17,21)5/h8,17-18,20-22H,7,9-16H2,1-6H3. The molecular formula is C25H42. The Labute approximate surface area is 157 Å². The molecule has 25 heavy (non-hydrogen) atoms. The van der Waals surface area contributed by atoms with Gasteiger partial charge in [-0.1, -0.05) is 53.2 Å². The Bertz CT molecular complexity index is 549. The van der Waals surface area contributed by atoms with E-state index >= 15 is 0 Å². The summed E-state index contributed by atoms with van der Waals surface area (Å²) in [6, 6.07) is 0. The molecule has 0 spiro atoms. The second-order valence-electron chi connectivity index (χ2n) is 12.2. The van der Waals surface area contributed by atoms with Gasteiger partial charge in [-0.15, -0.1) is 0 Å². The molecular weight excluding hydrogens is 300 g/mol. The zero-order valence-electron chi connectivity index (χ0n) is 17.8. The van der Waals surface area contributed by atoms with Crippen molar-refractivity contribution in [2.75, 3.05) is 0 Å². The average Bonchev–Trinajstić information content (AvgIpc) is 2.82. The van der Waals surface area contributed by atoms with Crippen molar-refractivity contribution in [3.8, 4) is 0 Å². The maximum Gasteiger partial charge on any atom is -0.00851 e. The van der Waals surface area contributed by atoms with Gasteiger partial charge in [0, 0.05) is 0 Å². The van der Waals surface area contributed by atoms with Gasteiger partial charge in [0.25, 0.3) is 0 Å². The van der Waals surface area contributed by atoms with E-state index in [1.807, 2.05) is 5.57 Å². The van der Waals surface area contributed by atoms with Crippen molar-refractivity contribution < 1.29 is 0 Å². The fourth-order valence-corrected chi connectivity index (χ4v) is 8.04. The van der Waals surface area contributed by atoms with Crippen molar-refractivity contribution >= 4 is 0 Å². The highest BCUT2D eigenvalue weighted by Gasteiger charge is 2.57. The number of rotatable bonds is 1. The van der Waals surface area contributed by atoms with Gasteiger partial charge < -0.3 is 0 Å². The first kappa shape index (κ1) is 18.1. The largest absolute Gasteiger partial charge is 0.0845 e. The third-order valence-electron chi connectivity index (χ3n) is 9.58. The zero-order chi connectivity index (χ0) is 18.0. The zero-order valence-corrected chi connectivity index (χ0v) is 17.8. The summed E-state index contributed by atoms with van der Waals surface area (Å²) in [4.78, 5) is 0. The van der Waals surface area contributed by atoms with E-state index in [-0.39, 0.29) is 0 Å². The van der Waals surface area contributed by atoms with Crippen molar-refractivity contribution in [1.29, 1.82) is 0 Å². The molecule has 0 heteroatoms. The molecule has 0 heterocycles. The van der Waals surface area contributed by atoms with E-state index in [1.54, 1.807) is 0 Å². The predicted octanol–water partition coefficient (Wildman–Crippen LogP) is 7.64. The molecule has 0 bridgehead atoms. The van der Waals surface area contributed by atoms with E-state index in [2.05, 4.69) is 47.6 Å². The molecule has 7 atom stereocenters. The van der Waals surface area contributed by atoms with Crippen LogP contribution in [-0.2, 0) is 0 Å². The predicted molar refractivity (Wildman–Crippen MR) is 108 cm³/mol. The smallest absolute Gasteiger partial charge is 0.00851 e. The summed E-state index contributed by atoms with van der Waals surface area (Å²) in [6.45, 7) is 15.1. The van der Waals surface area contributed by atoms with Crippen LogP contribution in [0.3, 0.4) is 0 Å². The van der Waals surface area contributed by atoms with E-state index in [9.17, 15) is 0 Å². The van der Waals surface area contributed by atoms with Crippen LogP contribution < -0.4 is 0 Å². The number of allylic oxidation sites excluding steroid dienone is 2. The van der Waals surface area contributed by atoms with E-state index in [1.165, 1.54) is 57.8 Å². The van der Waals surface area contributed by atoms with Crippen molar-refractivity contribution in [3.63, 3.8) is 0 Å². The Balaban J connectivity index is 1.56. The molecule has 0 aromatic heterocycles. The van der Waals surface area contributed by atoms with E-state index in [0.29, 0.717) is 16.2 Å². The molecule has 3 saturated carbocycles. The van der Waals surface area contributed by atoms with Gasteiger partial charge in [0.15, 0.2) is 0 Å². The SMILES string of the molecule is CC1CCC2C3CC=C4CC(CC(C)(C)C)CCC4(C)C3CCC12C. The molecule has 4 aliphatic rings. The Morgan fingerprint density at radius 1 is 1.00 bits per heavy atom. The minimum absolute atomic E-state index is 0.489. The normalized spacial score (nSPS) is 49.8. The van der Waals surface area contributed by atoms with Crippen molar-refractivity contribution in [1.82, 2.24) is 0 Å². The van der Waals surface area contributed by atoms with Gasteiger partial charge in [0.1, 0.15) is 0 Å². The van der Waals surface area contributed by atoms with Crippen LogP contribution in [0.25, 0.3) is 0 Å². The summed E-state index contributed by atoms with van der Waals surface area (Å²) in [6.07, 6.45) is 16.0. The minimum atomic E-state index is 0.489. The molecule has 0 radical (unpaired) electrons. The lowest BCUT2D eigenvalue weighted by molar-refractivity contribution is -0.0428. The fraction of sp³-hybridized carbons (Fsp3) is 0.920. The van der Waals surface area contributed by atoms with Gasteiger partial charge in [-0.05, 0) is 104 Å². The molecule has 0 nitrogen and oxygen atoms in total. The number of hydrogen-bond acceptors (Lipinski definition) is 0. The van der Waals surface area contributed by atoms with Crippen LogP contribution in [0, 0.1) is 45.8 Å². The van der Waals surface area contributed by atoms with Gasteiger partial charge in [-0.3, -0.25) is 0 Å². The third kappa shape index (κ3) is 2.85. The van der Waals surface area contributed by atoms with Gasteiger partial charge in [-0.2, -0.15) is 0 Å². The molecule has 0 aliphatic heterocycles. The van der Waals surface area contributed by atoms with Gasteiger partial charge >= 0.3 is 0 Å². The Morgan fingerprint density at radius 3 is 2.48 bits per heavy atom. The van der Waals surface area contributed by atoms with Crippen LogP contribution in [0.4, 0.5) is 0 Å². The van der Waals surface area contributed by atoms with Crippen LogP contribution in [0.1, 0.15) is 99.3 Å². The highest BCUT2D eigenvalue weighted by atomic mass is 14.6. The van der Waals surface area contributed by atoms with Crippen molar-refractivity contribution in [2.45, 2.75) is 99.3 Å². The highest BCUT2D eigenvalue weighted by molar-refractivity contribution is 5.25. The summed E-state index contributed by atoms with van der Waals surface area (Å²) in [5.41, 5.74) is 3.57. The second-order valence-corrected chi connectivity index (χ2v) is 12.2. The molecule has 0 saturated heterocycles. The maximum atomic E-state index is 2.75. The van der Waals surface area contributed by atoms with Crippen LogP contribution in [0.15, 0.2) is 11.6 Å². The van der Waals surface area contributed by atoms with Gasteiger partial charge in [0.2, 0.25) is 0 Å². The van der Waals surface area contributed by atoms with Gasteiger partial charge in [0.05, 0.1) is 0 Å². The minimum Gasteiger partial charge on any atom is -0.0845 e. The summed E-state index contributed by atoms with van der Waals surface area (Å²) in [5, 5.41) is 0. The number of hydrogen-bond donors (Lipinski definition) is 0. The highest BCUT2D eigenvalue weighted by Crippen LogP contribution is 2.66. The van der Waals surface area contributed by atoms with Crippen LogP contribution >= 0.6 is 0 Å². The average molecular weight is 343 g/mol. The first-order valence-electron chi connectivity index (χ1n) is 11.3. The summed E-state index contributed by atoms with van der Waals surface area (Å²) >= 11 is 0. The third-order valence-corrected chi connectivity index (χ3v) is 9.58. The van der Waals surface area contributed by atoms with Crippen LogP contribution in [0.2, 0.25) is 0 Å². The summed E-state index contributed by atoms with van der Waals surface area (Å²) in [7, 11) is 0. The molecule has 7 unspecified atom stereocenters. The Hall–Kier alpha value is -0.260. The molecule has 3 fully saturated rings. The Morgan fingerprint density at radius 2 is 1.76 bits per heavy atom. The molecule has 0 aromatic carbocycles. The van der Waals surface area contributed by atoms with Crippen molar-refractivity contribution in [3.05, 3.63) is 11.6 Å². The van der Waals surface area contributed by atoms with Crippen molar-refractivity contribution in [2.24, 2.45) is 45.8 Å². The number of fused-ring (bicyclic) bond motifs is 5. The quantitative estimate of drug-likeness (QED) is 0.429. The van der Waals surface area contributed by atoms with Crippen LogP contribution in [-0.4, -0.2) is 0 Å². The summed E-state index contributed by atoms with van der Waals surface area (Å²) < 4.78 is 0. The maximum absolute atomic E-state index is 2.75. The van der Waals surface area contributed by atoms with Crippen LogP contribution in [0.5, 0.6) is 0 Å². The lowest BCUT2D eigenvalue weighted by Gasteiger charge is -2.58. The van der Waals surface area contributed by atoms with E-state index in [4.69, 9.17) is 0 Å². The molecule has 0 aromatic rings. The molecule has 0 N–H and O–H groups in total. The molecule has 0 amide bonds. The topological polar surface area (TPSA) is 0 Å². The first-order valence-corrected chi connectivity index (χ1v) is 11.3. The van der Waals surface area contributed by atoms with E-state index in [0.717, 1.165) is 29.6 Å². The molecule has 4 aliphatic carbocycles. The lowest BCUT2D eigenvalue weighted by atomic mass is 9.47. The fourth-order valence-electron chi connectivity index (χ4n) is 8.04. The first-order chi connectivity index (χ1) is 11.6. The molecule has 142 valence electrons. The second kappa shape index (κ2) is 5.87. The summed E-state index contributed by atoms with van der Waals surface area (Å²) in [5.74, 6) is 4.90. The monoisotopic (exact) mass is 342 g/mol. The van der Waals surface area contributed by atoms with Gasteiger partial charge in [-0.25, -0.2) is 0 Å². The molecule has 4 rings (SSSR count). The lowest BCUT2D eigenvalue weighted by Crippen LogP contribution is -2.49.